The number of halogens is 1. The molecule has 1 unspecified atom stereocenters. The first-order valence-corrected chi connectivity index (χ1v) is 9.30. The number of hydrogen-bond acceptors (Lipinski definition) is 4. The number of rotatable bonds is 4. The maximum absolute atomic E-state index is 12.9. The van der Waals surface area contributed by atoms with Crippen LogP contribution in [0, 0.1) is 11.2 Å². The molecule has 0 amide bonds. The van der Waals surface area contributed by atoms with Gasteiger partial charge in [0, 0.05) is 30.1 Å². The van der Waals surface area contributed by atoms with Gasteiger partial charge in [0.15, 0.2) is 0 Å². The van der Waals surface area contributed by atoms with E-state index in [-0.39, 0.29) is 16.6 Å². The highest BCUT2D eigenvalue weighted by molar-refractivity contribution is 8.05. The van der Waals surface area contributed by atoms with Gasteiger partial charge >= 0.3 is 0 Å². The van der Waals surface area contributed by atoms with Gasteiger partial charge in [0.05, 0.1) is 5.71 Å². The van der Waals surface area contributed by atoms with Gasteiger partial charge in [0.25, 0.3) is 0 Å². The molecule has 0 N–H and O–H groups in total. The predicted molar refractivity (Wildman–Crippen MR) is 99.0 cm³/mol. The van der Waals surface area contributed by atoms with E-state index in [9.17, 15) is 4.39 Å². The van der Waals surface area contributed by atoms with Gasteiger partial charge in [-0.05, 0) is 36.6 Å². The molecule has 2 heterocycles. The van der Waals surface area contributed by atoms with Gasteiger partial charge in [-0.25, -0.2) is 4.39 Å². The van der Waals surface area contributed by atoms with E-state index < -0.39 is 0 Å². The van der Waals surface area contributed by atoms with Crippen LogP contribution in [0.5, 0.6) is 5.75 Å². The third-order valence-electron chi connectivity index (χ3n) is 4.69. The molecule has 1 aromatic carbocycles. The molecule has 1 aromatic rings. The molecule has 2 atom stereocenters. The number of allylic oxidation sites excluding steroid dienone is 1. The lowest BCUT2D eigenvalue weighted by molar-refractivity contribution is 0.163. The molecule has 0 spiro atoms. The summed E-state index contributed by atoms with van der Waals surface area (Å²) in [5.74, 6) is 0.436. The fourth-order valence-electron chi connectivity index (χ4n) is 2.79. The van der Waals surface area contributed by atoms with Crippen molar-refractivity contribution in [3.05, 3.63) is 41.2 Å². The Hall–Kier alpha value is -1.49. The van der Waals surface area contributed by atoms with Crippen molar-refractivity contribution in [1.82, 2.24) is 4.90 Å². The van der Waals surface area contributed by atoms with Crippen molar-refractivity contribution in [2.75, 3.05) is 13.2 Å². The Kier molecular flexibility index (Phi) is 4.90. The zero-order valence-corrected chi connectivity index (χ0v) is 15.6. The number of fused-ring (bicyclic) bond motifs is 1. The lowest BCUT2D eigenvalue weighted by Gasteiger charge is -2.39. The lowest BCUT2D eigenvalue weighted by atomic mass is 9.86. The van der Waals surface area contributed by atoms with E-state index in [0.29, 0.717) is 18.4 Å². The van der Waals surface area contributed by atoms with Crippen molar-refractivity contribution in [2.45, 2.75) is 45.5 Å². The summed E-state index contributed by atoms with van der Waals surface area (Å²) >= 11 is 1.77. The fraction of sp³-hybridized carbons (Fsp3) is 0.526. The molecule has 0 fully saturated rings. The van der Waals surface area contributed by atoms with Crippen LogP contribution in [-0.4, -0.2) is 35.2 Å². The highest BCUT2D eigenvalue weighted by atomic mass is 32.2. The Morgan fingerprint density at radius 2 is 2.04 bits per heavy atom. The standard InChI is InChI=1S/C19H25FN2OS/c1-13(19(2,3)4)22-10-9-16-17(11-22)24-18(21-16)12-23-15-7-5-14(20)6-8-15/h5-8,11,13,18H,9-10,12H2,1-4H3/t13-,18?/m1/s1. The second-order valence-electron chi connectivity index (χ2n) is 7.44. The van der Waals surface area contributed by atoms with Gasteiger partial charge in [-0.1, -0.05) is 32.5 Å². The zero-order valence-electron chi connectivity index (χ0n) is 14.8. The first-order valence-electron chi connectivity index (χ1n) is 8.42. The predicted octanol–water partition coefficient (Wildman–Crippen LogP) is 4.70. The normalized spacial score (nSPS) is 21.9. The number of ether oxygens (including phenoxy) is 1. The van der Waals surface area contributed by atoms with Crippen LogP contribution >= 0.6 is 11.8 Å². The number of aliphatic imine (C=N–C) groups is 1. The number of nitrogens with zero attached hydrogens (tertiary/aromatic N) is 2. The number of hydrogen-bond donors (Lipinski definition) is 0. The van der Waals surface area contributed by atoms with E-state index in [1.54, 1.807) is 23.9 Å². The van der Waals surface area contributed by atoms with Crippen molar-refractivity contribution in [3.8, 4) is 5.75 Å². The molecule has 0 aliphatic carbocycles. The Bertz CT molecular complexity index is 648. The van der Waals surface area contributed by atoms with Crippen LogP contribution in [0.3, 0.4) is 0 Å². The van der Waals surface area contributed by atoms with E-state index in [2.05, 4.69) is 38.8 Å². The minimum absolute atomic E-state index is 0.0844. The quantitative estimate of drug-likeness (QED) is 0.788. The average Bonchev–Trinajstić information content (AvgIpc) is 2.94. The van der Waals surface area contributed by atoms with Crippen LogP contribution in [0.25, 0.3) is 0 Å². The lowest BCUT2D eigenvalue weighted by Crippen LogP contribution is -2.41. The third-order valence-corrected chi connectivity index (χ3v) is 5.80. The molecule has 24 heavy (non-hydrogen) atoms. The van der Waals surface area contributed by atoms with E-state index in [1.807, 2.05) is 0 Å². The number of thioether (sulfide) groups is 1. The van der Waals surface area contributed by atoms with Crippen LogP contribution in [0.15, 0.2) is 40.4 Å². The second-order valence-corrected chi connectivity index (χ2v) is 8.66. The van der Waals surface area contributed by atoms with Crippen LogP contribution in [-0.2, 0) is 0 Å². The molecule has 2 aliphatic rings. The summed E-state index contributed by atoms with van der Waals surface area (Å²) < 4.78 is 18.7. The van der Waals surface area contributed by atoms with Crippen molar-refractivity contribution in [3.63, 3.8) is 0 Å². The molecule has 3 rings (SSSR count). The van der Waals surface area contributed by atoms with Crippen LogP contribution in [0.1, 0.15) is 34.1 Å². The summed E-state index contributed by atoms with van der Waals surface area (Å²) in [7, 11) is 0. The van der Waals surface area contributed by atoms with Crippen LogP contribution in [0.4, 0.5) is 4.39 Å². The van der Waals surface area contributed by atoms with Gasteiger partial charge in [-0.2, -0.15) is 0 Å². The van der Waals surface area contributed by atoms with Crippen molar-refractivity contribution >= 4 is 17.5 Å². The maximum Gasteiger partial charge on any atom is 0.134 e. The van der Waals surface area contributed by atoms with E-state index >= 15 is 0 Å². The fourth-order valence-corrected chi connectivity index (χ4v) is 3.89. The molecule has 0 saturated heterocycles. The molecular formula is C19H25FN2OS. The van der Waals surface area contributed by atoms with Gasteiger partial charge in [-0.15, -0.1) is 0 Å². The summed E-state index contributed by atoms with van der Waals surface area (Å²) in [6, 6.07) is 6.62. The first-order chi connectivity index (χ1) is 11.3. The monoisotopic (exact) mass is 348 g/mol. The van der Waals surface area contributed by atoms with Crippen LogP contribution in [0.2, 0.25) is 0 Å². The molecule has 0 saturated carbocycles. The Morgan fingerprint density at radius 3 is 2.71 bits per heavy atom. The highest BCUT2D eigenvalue weighted by Gasteiger charge is 2.32. The molecule has 0 bridgehead atoms. The Morgan fingerprint density at radius 1 is 1.33 bits per heavy atom. The van der Waals surface area contributed by atoms with Gasteiger partial charge in [-0.3, -0.25) is 4.99 Å². The summed E-state index contributed by atoms with van der Waals surface area (Å²) in [5.41, 5.74) is 1.45. The van der Waals surface area contributed by atoms with Crippen molar-refractivity contribution < 1.29 is 9.13 Å². The number of benzene rings is 1. The van der Waals surface area contributed by atoms with E-state index in [0.717, 1.165) is 13.0 Å². The van der Waals surface area contributed by atoms with E-state index in [1.165, 1.54) is 22.7 Å². The topological polar surface area (TPSA) is 24.8 Å². The minimum Gasteiger partial charge on any atom is -0.490 e. The maximum atomic E-state index is 12.9. The summed E-state index contributed by atoms with van der Waals surface area (Å²) in [6.07, 6.45) is 3.26. The smallest absolute Gasteiger partial charge is 0.134 e. The first kappa shape index (κ1) is 17.3. The largest absolute Gasteiger partial charge is 0.490 e. The van der Waals surface area contributed by atoms with Crippen molar-refractivity contribution in [1.29, 1.82) is 0 Å². The molecule has 5 heteroatoms. The average molecular weight is 348 g/mol. The molecule has 2 aliphatic heterocycles. The Balaban J connectivity index is 1.60. The zero-order chi connectivity index (χ0) is 17.3. The molecule has 3 nitrogen and oxygen atoms in total. The van der Waals surface area contributed by atoms with E-state index in [4.69, 9.17) is 9.73 Å². The van der Waals surface area contributed by atoms with Gasteiger partial charge < -0.3 is 9.64 Å². The van der Waals surface area contributed by atoms with Gasteiger partial charge in [0.1, 0.15) is 23.5 Å². The molecule has 130 valence electrons. The van der Waals surface area contributed by atoms with Gasteiger partial charge in [0.2, 0.25) is 0 Å². The SMILES string of the molecule is C[C@@H](N1C=C2SC(COc3ccc(F)cc3)N=C2CC1)C(C)(C)C. The Labute approximate surface area is 148 Å². The second kappa shape index (κ2) is 6.79. The summed E-state index contributed by atoms with van der Waals surface area (Å²) in [4.78, 5) is 8.49. The molecular weight excluding hydrogens is 323 g/mol. The highest BCUT2D eigenvalue weighted by Crippen LogP contribution is 2.37. The van der Waals surface area contributed by atoms with Crippen LogP contribution < -0.4 is 4.74 Å². The summed E-state index contributed by atoms with van der Waals surface area (Å²) in [6.45, 7) is 10.6. The van der Waals surface area contributed by atoms with Crippen molar-refractivity contribution in [2.24, 2.45) is 10.4 Å². The third kappa shape index (κ3) is 3.94. The molecule has 0 radical (unpaired) electrons. The summed E-state index contributed by atoms with van der Waals surface area (Å²) in [5, 5.41) is 0.0844. The minimum atomic E-state index is -0.248. The molecule has 0 aromatic heterocycles.